The van der Waals surface area contributed by atoms with E-state index in [9.17, 15) is 9.59 Å². The maximum absolute atomic E-state index is 13.0. The van der Waals surface area contributed by atoms with Crippen LogP contribution in [0.2, 0.25) is 5.02 Å². The molecular weight excluding hydrogens is 538 g/mol. The first kappa shape index (κ1) is 26.7. The Hall–Kier alpha value is -1.90. The number of halogens is 2. The fourth-order valence-corrected chi connectivity index (χ4v) is 5.09. The molecule has 0 spiro atoms. The van der Waals surface area contributed by atoms with E-state index >= 15 is 0 Å². The van der Waals surface area contributed by atoms with Crippen LogP contribution in [0.4, 0.5) is 10.5 Å². The summed E-state index contributed by atoms with van der Waals surface area (Å²) < 4.78 is 6.31. The van der Waals surface area contributed by atoms with Crippen molar-refractivity contribution in [3.63, 3.8) is 0 Å². The average molecular weight is 569 g/mol. The standard InChI is InChI=1S/C25H31BrClN3O3S/c1-5-34-22-7-6-20(27)13-18(22)16-28-23(31)17-12-19(26)15-21(14-17)29-8-10-30(11-9-29)24(32)33-25(2,3)4/h6-7,12-15H,5,8-11,16H2,1-4H3,(H,28,31). The molecule has 1 fully saturated rings. The zero-order chi connectivity index (χ0) is 24.9. The van der Waals surface area contributed by atoms with Crippen LogP contribution in [0.1, 0.15) is 43.6 Å². The first-order valence-electron chi connectivity index (χ1n) is 11.3. The Bertz CT molecular complexity index is 1040. The molecule has 1 aliphatic rings. The van der Waals surface area contributed by atoms with E-state index < -0.39 is 5.60 Å². The highest BCUT2D eigenvalue weighted by molar-refractivity contribution is 9.10. The van der Waals surface area contributed by atoms with Gasteiger partial charge in [-0.15, -0.1) is 11.8 Å². The monoisotopic (exact) mass is 567 g/mol. The predicted molar refractivity (Wildman–Crippen MR) is 143 cm³/mol. The van der Waals surface area contributed by atoms with Gasteiger partial charge in [0.25, 0.3) is 5.91 Å². The van der Waals surface area contributed by atoms with Crippen molar-refractivity contribution < 1.29 is 14.3 Å². The van der Waals surface area contributed by atoms with Crippen LogP contribution in [0, 0.1) is 0 Å². The fraction of sp³-hybridized carbons (Fsp3) is 0.440. The number of nitrogens with zero attached hydrogens (tertiary/aromatic N) is 2. The summed E-state index contributed by atoms with van der Waals surface area (Å²) in [5, 5.41) is 3.68. The van der Waals surface area contributed by atoms with Gasteiger partial charge in [0.1, 0.15) is 5.60 Å². The highest BCUT2D eigenvalue weighted by Gasteiger charge is 2.26. The highest BCUT2D eigenvalue weighted by Crippen LogP contribution is 2.27. The number of piperazine rings is 1. The second kappa shape index (κ2) is 11.7. The lowest BCUT2D eigenvalue weighted by Gasteiger charge is -2.37. The lowest BCUT2D eigenvalue weighted by Crippen LogP contribution is -2.50. The van der Waals surface area contributed by atoms with Gasteiger partial charge in [-0.05, 0) is 68.5 Å². The lowest BCUT2D eigenvalue weighted by atomic mass is 10.1. The summed E-state index contributed by atoms with van der Waals surface area (Å²) >= 11 is 11.4. The summed E-state index contributed by atoms with van der Waals surface area (Å²) in [4.78, 5) is 30.3. The second-order valence-electron chi connectivity index (χ2n) is 9.02. The van der Waals surface area contributed by atoms with Gasteiger partial charge in [0.2, 0.25) is 0 Å². The third-order valence-corrected chi connectivity index (χ3v) is 6.89. The van der Waals surface area contributed by atoms with Crippen LogP contribution in [0.15, 0.2) is 45.8 Å². The number of anilines is 1. The number of hydrogen-bond acceptors (Lipinski definition) is 5. The molecule has 0 aromatic heterocycles. The number of amides is 2. The minimum absolute atomic E-state index is 0.151. The minimum atomic E-state index is -0.512. The first-order valence-corrected chi connectivity index (χ1v) is 13.4. The molecule has 1 aliphatic heterocycles. The average Bonchev–Trinajstić information content (AvgIpc) is 2.77. The van der Waals surface area contributed by atoms with Crippen molar-refractivity contribution in [2.75, 3.05) is 36.8 Å². The topological polar surface area (TPSA) is 61.9 Å². The molecule has 2 amide bonds. The molecule has 9 heteroatoms. The van der Waals surface area contributed by atoms with E-state index in [-0.39, 0.29) is 12.0 Å². The fourth-order valence-electron chi connectivity index (χ4n) is 3.62. The second-order valence-corrected chi connectivity index (χ2v) is 11.7. The molecule has 184 valence electrons. The van der Waals surface area contributed by atoms with E-state index in [1.807, 2.05) is 57.2 Å². The van der Waals surface area contributed by atoms with Crippen LogP contribution >= 0.6 is 39.3 Å². The van der Waals surface area contributed by atoms with Crippen molar-refractivity contribution >= 4 is 57.0 Å². The van der Waals surface area contributed by atoms with Crippen LogP contribution < -0.4 is 10.2 Å². The molecule has 0 saturated carbocycles. The zero-order valence-corrected chi connectivity index (χ0v) is 23.1. The van der Waals surface area contributed by atoms with Crippen molar-refractivity contribution in [2.24, 2.45) is 0 Å². The van der Waals surface area contributed by atoms with Gasteiger partial charge in [-0.25, -0.2) is 4.79 Å². The normalized spacial score (nSPS) is 14.2. The Kier molecular flexibility index (Phi) is 9.18. The van der Waals surface area contributed by atoms with E-state index in [1.54, 1.807) is 16.7 Å². The predicted octanol–water partition coefficient (Wildman–Crippen LogP) is 6.20. The summed E-state index contributed by atoms with van der Waals surface area (Å²) in [7, 11) is 0. The summed E-state index contributed by atoms with van der Waals surface area (Å²) in [6, 6.07) is 11.5. The largest absolute Gasteiger partial charge is 0.444 e. The Labute approximate surface area is 219 Å². The van der Waals surface area contributed by atoms with Crippen molar-refractivity contribution in [1.29, 1.82) is 0 Å². The van der Waals surface area contributed by atoms with Crippen molar-refractivity contribution in [2.45, 2.75) is 44.7 Å². The van der Waals surface area contributed by atoms with Gasteiger partial charge in [0.15, 0.2) is 0 Å². The van der Waals surface area contributed by atoms with Gasteiger partial charge in [-0.2, -0.15) is 0 Å². The molecule has 0 aliphatic carbocycles. The van der Waals surface area contributed by atoms with Gasteiger partial charge in [-0.3, -0.25) is 4.79 Å². The van der Waals surface area contributed by atoms with Gasteiger partial charge >= 0.3 is 6.09 Å². The SMILES string of the molecule is CCSc1ccc(Cl)cc1CNC(=O)c1cc(Br)cc(N2CCN(C(=O)OC(C)(C)C)CC2)c1. The molecule has 0 bridgehead atoms. The van der Waals surface area contributed by atoms with Crippen molar-refractivity contribution in [3.8, 4) is 0 Å². The van der Waals surface area contributed by atoms with Gasteiger partial charge in [0, 0.05) is 58.4 Å². The molecular formula is C25H31BrClN3O3S. The zero-order valence-electron chi connectivity index (χ0n) is 20.0. The smallest absolute Gasteiger partial charge is 0.410 e. The molecule has 34 heavy (non-hydrogen) atoms. The van der Waals surface area contributed by atoms with Crippen LogP contribution in [0.5, 0.6) is 0 Å². The van der Waals surface area contributed by atoms with E-state index in [4.69, 9.17) is 16.3 Å². The van der Waals surface area contributed by atoms with Gasteiger partial charge in [0.05, 0.1) is 0 Å². The van der Waals surface area contributed by atoms with Crippen LogP contribution in [0.3, 0.4) is 0 Å². The van der Waals surface area contributed by atoms with Crippen LogP contribution in [-0.2, 0) is 11.3 Å². The number of ether oxygens (including phenoxy) is 1. The number of hydrogen-bond donors (Lipinski definition) is 1. The molecule has 3 rings (SSSR count). The Morgan fingerprint density at radius 3 is 2.47 bits per heavy atom. The van der Waals surface area contributed by atoms with Crippen LogP contribution in [0.25, 0.3) is 0 Å². The Morgan fingerprint density at radius 1 is 1.12 bits per heavy atom. The molecule has 6 nitrogen and oxygen atoms in total. The lowest BCUT2D eigenvalue weighted by molar-refractivity contribution is 0.0240. The van der Waals surface area contributed by atoms with Crippen LogP contribution in [-0.4, -0.2) is 54.4 Å². The first-order chi connectivity index (χ1) is 16.1. The maximum atomic E-state index is 13.0. The number of carbonyl (C=O) groups excluding carboxylic acids is 2. The van der Waals surface area contributed by atoms with E-state index in [0.717, 1.165) is 26.4 Å². The quantitative estimate of drug-likeness (QED) is 0.420. The summed E-state index contributed by atoms with van der Waals surface area (Å²) in [5.74, 6) is 0.793. The molecule has 1 N–H and O–H groups in total. The third-order valence-electron chi connectivity index (χ3n) is 5.20. The molecule has 0 atom stereocenters. The number of carbonyl (C=O) groups is 2. The summed E-state index contributed by atoms with van der Waals surface area (Å²) in [6.45, 7) is 10.6. The number of nitrogens with one attached hydrogen (secondary N) is 1. The summed E-state index contributed by atoms with van der Waals surface area (Å²) in [6.07, 6.45) is -0.289. The van der Waals surface area contributed by atoms with E-state index in [1.165, 1.54) is 0 Å². The Balaban J connectivity index is 1.65. The number of thioether (sulfide) groups is 1. The molecule has 2 aromatic rings. The number of benzene rings is 2. The van der Waals surface area contributed by atoms with Gasteiger partial charge < -0.3 is 19.9 Å². The minimum Gasteiger partial charge on any atom is -0.444 e. The van der Waals surface area contributed by atoms with Crippen molar-refractivity contribution in [3.05, 3.63) is 57.0 Å². The summed E-state index contributed by atoms with van der Waals surface area (Å²) in [5.41, 5.74) is 2.00. The molecule has 0 unspecified atom stereocenters. The van der Waals surface area contributed by atoms with Crippen molar-refractivity contribution in [1.82, 2.24) is 10.2 Å². The Morgan fingerprint density at radius 2 is 1.82 bits per heavy atom. The molecule has 1 heterocycles. The molecule has 1 saturated heterocycles. The van der Waals surface area contributed by atoms with E-state index in [2.05, 4.69) is 33.1 Å². The molecule has 0 radical (unpaired) electrons. The third kappa shape index (κ3) is 7.55. The number of rotatable bonds is 6. The van der Waals surface area contributed by atoms with Gasteiger partial charge in [-0.1, -0.05) is 34.5 Å². The van der Waals surface area contributed by atoms with E-state index in [0.29, 0.717) is 43.3 Å². The molecule has 2 aromatic carbocycles. The highest BCUT2D eigenvalue weighted by atomic mass is 79.9. The maximum Gasteiger partial charge on any atom is 0.410 e.